The van der Waals surface area contributed by atoms with Crippen LogP contribution in [0.1, 0.15) is 40.0 Å². The SMILES string of the molecule is CC1(C)OC(=O)[C@]23CC[C@H](C2)[C@]3(C)O1. The summed E-state index contributed by atoms with van der Waals surface area (Å²) in [6, 6.07) is 0. The van der Waals surface area contributed by atoms with Crippen molar-refractivity contribution in [3.05, 3.63) is 0 Å². The first-order valence-electron chi connectivity index (χ1n) is 5.33. The summed E-state index contributed by atoms with van der Waals surface area (Å²) in [5, 5.41) is 0. The van der Waals surface area contributed by atoms with Gasteiger partial charge in [-0.05, 0) is 32.1 Å². The Morgan fingerprint density at radius 3 is 2.71 bits per heavy atom. The van der Waals surface area contributed by atoms with Crippen molar-refractivity contribution in [1.82, 2.24) is 0 Å². The van der Waals surface area contributed by atoms with Gasteiger partial charge < -0.3 is 9.47 Å². The van der Waals surface area contributed by atoms with Crippen LogP contribution in [0.2, 0.25) is 0 Å². The van der Waals surface area contributed by atoms with Gasteiger partial charge >= 0.3 is 5.97 Å². The minimum absolute atomic E-state index is 0.0370. The summed E-state index contributed by atoms with van der Waals surface area (Å²) in [5.74, 6) is -0.210. The van der Waals surface area contributed by atoms with Crippen LogP contribution in [-0.4, -0.2) is 17.4 Å². The average molecular weight is 196 g/mol. The molecule has 3 aliphatic carbocycles. The molecule has 0 unspecified atom stereocenters. The van der Waals surface area contributed by atoms with E-state index in [0.717, 1.165) is 19.3 Å². The van der Waals surface area contributed by atoms with Gasteiger partial charge in [-0.3, -0.25) is 4.79 Å². The van der Waals surface area contributed by atoms with Crippen LogP contribution in [0.25, 0.3) is 0 Å². The Hall–Kier alpha value is -0.570. The third-order valence-electron chi connectivity index (χ3n) is 4.43. The van der Waals surface area contributed by atoms with Crippen LogP contribution < -0.4 is 0 Å². The first-order valence-corrected chi connectivity index (χ1v) is 5.33. The highest BCUT2D eigenvalue weighted by Gasteiger charge is 2.76. The fourth-order valence-electron chi connectivity index (χ4n) is 3.65. The van der Waals surface area contributed by atoms with Crippen LogP contribution in [0.5, 0.6) is 0 Å². The number of fused-ring (bicyclic) bond motifs is 1. The summed E-state index contributed by atoms with van der Waals surface area (Å²) in [6.07, 6.45) is 3.03. The second kappa shape index (κ2) is 2.01. The first kappa shape index (κ1) is 8.72. The lowest BCUT2D eigenvalue weighted by Crippen LogP contribution is -2.69. The molecule has 0 aromatic carbocycles. The zero-order valence-electron chi connectivity index (χ0n) is 8.92. The lowest BCUT2D eigenvalue weighted by atomic mass is 9.56. The van der Waals surface area contributed by atoms with Crippen LogP contribution in [0.3, 0.4) is 0 Å². The lowest BCUT2D eigenvalue weighted by molar-refractivity contribution is -0.353. The van der Waals surface area contributed by atoms with E-state index >= 15 is 0 Å². The van der Waals surface area contributed by atoms with E-state index in [2.05, 4.69) is 6.92 Å². The van der Waals surface area contributed by atoms with Gasteiger partial charge in [0, 0.05) is 13.8 Å². The van der Waals surface area contributed by atoms with Crippen molar-refractivity contribution in [1.29, 1.82) is 0 Å². The highest BCUT2D eigenvalue weighted by molar-refractivity contribution is 5.82. The fourth-order valence-corrected chi connectivity index (χ4v) is 3.65. The van der Waals surface area contributed by atoms with Gasteiger partial charge in [-0.25, -0.2) is 0 Å². The third-order valence-corrected chi connectivity index (χ3v) is 4.43. The number of hydrogen-bond acceptors (Lipinski definition) is 3. The zero-order chi connectivity index (χ0) is 10.2. The van der Waals surface area contributed by atoms with E-state index in [1.807, 2.05) is 13.8 Å². The topological polar surface area (TPSA) is 35.5 Å². The Morgan fingerprint density at radius 1 is 1.36 bits per heavy atom. The molecule has 0 amide bonds. The Morgan fingerprint density at radius 2 is 2.07 bits per heavy atom. The summed E-state index contributed by atoms with van der Waals surface area (Å²) in [6.45, 7) is 5.72. The number of carbonyl (C=O) groups is 1. The normalized spacial score (nSPS) is 53.4. The Balaban J connectivity index is 2.04. The first-order chi connectivity index (χ1) is 6.40. The Kier molecular flexibility index (Phi) is 1.25. The molecule has 3 nitrogen and oxygen atoms in total. The van der Waals surface area contributed by atoms with E-state index < -0.39 is 5.79 Å². The molecule has 3 atom stereocenters. The molecular formula is C11H16O3. The van der Waals surface area contributed by atoms with Crippen molar-refractivity contribution in [2.75, 3.05) is 0 Å². The maximum Gasteiger partial charge on any atom is 0.317 e. The summed E-state index contributed by atoms with van der Waals surface area (Å²) in [4.78, 5) is 12.0. The highest BCUT2D eigenvalue weighted by atomic mass is 16.7. The molecule has 0 aromatic rings. The summed E-state index contributed by atoms with van der Waals surface area (Å²) >= 11 is 0. The molecule has 4 aliphatic rings. The number of hydrogen-bond donors (Lipinski definition) is 0. The van der Waals surface area contributed by atoms with Crippen molar-refractivity contribution in [3.63, 3.8) is 0 Å². The molecule has 14 heavy (non-hydrogen) atoms. The van der Waals surface area contributed by atoms with E-state index in [4.69, 9.17) is 9.47 Å². The molecule has 0 aromatic heterocycles. The van der Waals surface area contributed by atoms with Crippen LogP contribution in [0, 0.1) is 11.3 Å². The van der Waals surface area contributed by atoms with E-state index in [9.17, 15) is 4.79 Å². The van der Waals surface area contributed by atoms with Crippen molar-refractivity contribution >= 4 is 5.97 Å². The molecule has 1 saturated heterocycles. The van der Waals surface area contributed by atoms with E-state index in [1.54, 1.807) is 0 Å². The average Bonchev–Trinajstić information content (AvgIpc) is 2.55. The van der Waals surface area contributed by atoms with Crippen LogP contribution in [-0.2, 0) is 14.3 Å². The van der Waals surface area contributed by atoms with Crippen LogP contribution in [0.4, 0.5) is 0 Å². The molecule has 78 valence electrons. The maximum atomic E-state index is 12.0. The summed E-state index contributed by atoms with van der Waals surface area (Å²) in [5.41, 5.74) is -0.543. The van der Waals surface area contributed by atoms with Gasteiger partial charge in [-0.2, -0.15) is 0 Å². The summed E-state index contributed by atoms with van der Waals surface area (Å²) in [7, 11) is 0. The van der Waals surface area contributed by atoms with Gasteiger partial charge in [-0.1, -0.05) is 0 Å². The van der Waals surface area contributed by atoms with Crippen molar-refractivity contribution in [3.8, 4) is 0 Å². The molecule has 1 spiro atoms. The van der Waals surface area contributed by atoms with Gasteiger partial charge in [0.25, 0.3) is 0 Å². The van der Waals surface area contributed by atoms with E-state index in [0.29, 0.717) is 5.92 Å². The smallest absolute Gasteiger partial charge is 0.317 e. The molecule has 3 heteroatoms. The van der Waals surface area contributed by atoms with Gasteiger partial charge in [0.05, 0.1) is 11.0 Å². The molecule has 0 N–H and O–H groups in total. The Labute approximate surface area is 83.8 Å². The number of esters is 1. The van der Waals surface area contributed by atoms with Crippen LogP contribution >= 0.6 is 0 Å². The van der Waals surface area contributed by atoms with Gasteiger partial charge in [-0.15, -0.1) is 0 Å². The number of carbonyl (C=O) groups excluding carboxylic acids is 1. The number of rotatable bonds is 0. The molecule has 2 bridgehead atoms. The second-order valence-electron chi connectivity index (χ2n) is 5.52. The predicted octanol–water partition coefficient (Wildman–Crippen LogP) is 1.85. The van der Waals surface area contributed by atoms with E-state index in [-0.39, 0.29) is 17.0 Å². The maximum absolute atomic E-state index is 12.0. The quantitative estimate of drug-likeness (QED) is 0.555. The Bertz CT molecular complexity index is 318. The minimum Gasteiger partial charge on any atom is -0.433 e. The third kappa shape index (κ3) is 0.691. The molecular weight excluding hydrogens is 180 g/mol. The van der Waals surface area contributed by atoms with Crippen molar-refractivity contribution in [2.24, 2.45) is 11.3 Å². The van der Waals surface area contributed by atoms with Gasteiger partial charge in [0.15, 0.2) is 0 Å². The standard InChI is InChI=1S/C11H16O3/c1-9(2)13-8(12)11-5-4-7(6-11)10(11,3)14-9/h7H,4-6H2,1-3H3/t7-,10+,11+/m1/s1. The molecule has 3 saturated carbocycles. The molecule has 4 rings (SSSR count). The predicted molar refractivity (Wildman–Crippen MR) is 49.4 cm³/mol. The second-order valence-corrected chi connectivity index (χ2v) is 5.52. The largest absolute Gasteiger partial charge is 0.433 e. The fraction of sp³-hybridized carbons (Fsp3) is 0.909. The van der Waals surface area contributed by atoms with Crippen molar-refractivity contribution in [2.45, 2.75) is 51.4 Å². The minimum atomic E-state index is -0.738. The van der Waals surface area contributed by atoms with Gasteiger partial charge in [0.2, 0.25) is 5.79 Å². The number of cyclic esters (lactones) is 1. The summed E-state index contributed by atoms with van der Waals surface area (Å²) < 4.78 is 11.3. The van der Waals surface area contributed by atoms with E-state index in [1.165, 1.54) is 0 Å². The zero-order valence-corrected chi connectivity index (χ0v) is 8.92. The highest BCUT2D eigenvalue weighted by Crippen LogP contribution is 2.70. The molecule has 1 aliphatic heterocycles. The van der Waals surface area contributed by atoms with Crippen molar-refractivity contribution < 1.29 is 14.3 Å². The molecule has 1 heterocycles. The molecule has 4 fully saturated rings. The van der Waals surface area contributed by atoms with Crippen LogP contribution in [0.15, 0.2) is 0 Å². The molecule has 0 radical (unpaired) electrons. The van der Waals surface area contributed by atoms with Gasteiger partial charge in [0.1, 0.15) is 0 Å². The number of ether oxygens (including phenoxy) is 2. The lowest BCUT2D eigenvalue weighted by Gasteiger charge is -2.60. The monoisotopic (exact) mass is 196 g/mol.